The number of hydrogen-bond acceptors (Lipinski definition) is 4. The van der Waals surface area contributed by atoms with Crippen LogP contribution in [0.15, 0.2) is 30.3 Å². The number of hydrogen-bond donors (Lipinski definition) is 2. The van der Waals surface area contributed by atoms with Crippen LogP contribution in [0, 0.1) is 0 Å². The molecular formula is C16H20N4O3. The number of rotatable bonds is 8. The fourth-order valence-electron chi connectivity index (χ4n) is 2.24. The largest absolute Gasteiger partial charge is 0.476 e. The van der Waals surface area contributed by atoms with Crippen LogP contribution in [0.4, 0.5) is 0 Å². The third-order valence-corrected chi connectivity index (χ3v) is 3.40. The molecule has 7 nitrogen and oxygen atoms in total. The lowest BCUT2D eigenvalue weighted by Crippen LogP contribution is -2.29. The smallest absolute Gasteiger partial charge is 0.358 e. The Balaban J connectivity index is 2.13. The van der Waals surface area contributed by atoms with E-state index in [0.717, 1.165) is 12.0 Å². The molecule has 0 saturated carbocycles. The topological polar surface area (TPSA) is 97.1 Å². The van der Waals surface area contributed by atoms with E-state index in [0.29, 0.717) is 25.1 Å². The van der Waals surface area contributed by atoms with Gasteiger partial charge in [-0.25, -0.2) is 9.48 Å². The van der Waals surface area contributed by atoms with Crippen LogP contribution in [0.25, 0.3) is 0 Å². The van der Waals surface area contributed by atoms with E-state index < -0.39 is 5.97 Å². The highest BCUT2D eigenvalue weighted by Gasteiger charge is 2.20. The van der Waals surface area contributed by atoms with Gasteiger partial charge in [0.25, 0.3) is 0 Å². The van der Waals surface area contributed by atoms with Crippen molar-refractivity contribution in [3.05, 3.63) is 47.3 Å². The Labute approximate surface area is 134 Å². The number of carboxylic acid groups (broad SMARTS) is 1. The van der Waals surface area contributed by atoms with Crippen molar-refractivity contribution in [2.75, 3.05) is 6.54 Å². The molecule has 122 valence electrons. The number of aromatic nitrogens is 3. The van der Waals surface area contributed by atoms with Gasteiger partial charge in [0.15, 0.2) is 5.69 Å². The number of nitrogens with zero attached hydrogens (tertiary/aromatic N) is 3. The molecule has 0 aliphatic heterocycles. The second-order valence-electron chi connectivity index (χ2n) is 5.18. The predicted octanol–water partition coefficient (Wildman–Crippen LogP) is 1.29. The maximum Gasteiger partial charge on any atom is 0.358 e. The van der Waals surface area contributed by atoms with Gasteiger partial charge in [0.2, 0.25) is 5.91 Å². The normalized spacial score (nSPS) is 10.5. The summed E-state index contributed by atoms with van der Waals surface area (Å²) >= 11 is 0. The van der Waals surface area contributed by atoms with Crippen LogP contribution in [0.3, 0.4) is 0 Å². The third kappa shape index (κ3) is 4.64. The second-order valence-corrected chi connectivity index (χ2v) is 5.18. The Kier molecular flexibility index (Phi) is 5.85. The van der Waals surface area contributed by atoms with Crippen LogP contribution in [0.1, 0.15) is 35.1 Å². The van der Waals surface area contributed by atoms with Crippen LogP contribution >= 0.6 is 0 Å². The summed E-state index contributed by atoms with van der Waals surface area (Å²) in [7, 11) is 0. The van der Waals surface area contributed by atoms with Gasteiger partial charge in [-0.2, -0.15) is 0 Å². The summed E-state index contributed by atoms with van der Waals surface area (Å²) in [6.07, 6.45) is 1.95. The molecule has 2 rings (SSSR count). The maximum absolute atomic E-state index is 11.8. The average Bonchev–Trinajstić information content (AvgIpc) is 2.94. The van der Waals surface area contributed by atoms with Crippen molar-refractivity contribution in [3.8, 4) is 0 Å². The predicted molar refractivity (Wildman–Crippen MR) is 84.1 cm³/mol. The van der Waals surface area contributed by atoms with Gasteiger partial charge in [0.05, 0.1) is 5.69 Å². The number of benzene rings is 1. The zero-order chi connectivity index (χ0) is 16.7. The van der Waals surface area contributed by atoms with E-state index in [-0.39, 0.29) is 18.1 Å². The standard InChI is InChI=1S/C16H20N4O3/c1-2-10-17-14(21)11-20-13(15(16(22)23)18-19-20)9-8-12-6-4-3-5-7-12/h3-7H,2,8-11H2,1H3,(H,17,21)(H,22,23). The summed E-state index contributed by atoms with van der Waals surface area (Å²) in [5.41, 5.74) is 1.46. The molecule has 0 aliphatic rings. The first-order valence-electron chi connectivity index (χ1n) is 7.58. The van der Waals surface area contributed by atoms with Crippen molar-refractivity contribution in [3.63, 3.8) is 0 Å². The lowest BCUT2D eigenvalue weighted by atomic mass is 10.1. The van der Waals surface area contributed by atoms with E-state index in [2.05, 4.69) is 15.6 Å². The van der Waals surface area contributed by atoms with E-state index in [1.807, 2.05) is 37.3 Å². The fourth-order valence-corrected chi connectivity index (χ4v) is 2.24. The van der Waals surface area contributed by atoms with Crippen molar-refractivity contribution < 1.29 is 14.7 Å². The quantitative estimate of drug-likeness (QED) is 0.765. The zero-order valence-electron chi connectivity index (χ0n) is 13.0. The lowest BCUT2D eigenvalue weighted by Gasteiger charge is -2.08. The fraction of sp³-hybridized carbons (Fsp3) is 0.375. The van der Waals surface area contributed by atoms with Crippen molar-refractivity contribution in [2.24, 2.45) is 0 Å². The Hall–Kier alpha value is -2.70. The number of carbonyl (C=O) groups excluding carboxylic acids is 1. The summed E-state index contributed by atoms with van der Waals surface area (Å²) in [5.74, 6) is -1.33. The van der Waals surface area contributed by atoms with Gasteiger partial charge in [-0.05, 0) is 24.8 Å². The minimum atomic E-state index is -1.13. The molecule has 0 atom stereocenters. The molecule has 0 unspecified atom stereocenters. The molecule has 23 heavy (non-hydrogen) atoms. The molecule has 2 aromatic rings. The Morgan fingerprint density at radius 3 is 2.61 bits per heavy atom. The molecule has 1 aromatic heterocycles. The third-order valence-electron chi connectivity index (χ3n) is 3.40. The molecule has 0 bridgehead atoms. The van der Waals surface area contributed by atoms with Gasteiger partial charge in [-0.1, -0.05) is 42.5 Å². The van der Waals surface area contributed by atoms with Gasteiger partial charge < -0.3 is 10.4 Å². The van der Waals surface area contributed by atoms with E-state index in [4.69, 9.17) is 0 Å². The minimum Gasteiger partial charge on any atom is -0.476 e. The number of carbonyl (C=O) groups is 2. The molecule has 1 heterocycles. The molecule has 1 aromatic carbocycles. The highest BCUT2D eigenvalue weighted by Crippen LogP contribution is 2.11. The Morgan fingerprint density at radius 2 is 1.96 bits per heavy atom. The Bertz CT molecular complexity index is 667. The van der Waals surface area contributed by atoms with Crippen LogP contribution in [0.2, 0.25) is 0 Å². The summed E-state index contributed by atoms with van der Waals surface area (Å²) in [6, 6.07) is 9.74. The molecule has 7 heteroatoms. The van der Waals surface area contributed by atoms with E-state index in [9.17, 15) is 14.7 Å². The van der Waals surface area contributed by atoms with Crippen molar-refractivity contribution in [1.29, 1.82) is 0 Å². The van der Waals surface area contributed by atoms with E-state index >= 15 is 0 Å². The van der Waals surface area contributed by atoms with Gasteiger partial charge >= 0.3 is 5.97 Å². The summed E-state index contributed by atoms with van der Waals surface area (Å²) in [4.78, 5) is 23.1. The van der Waals surface area contributed by atoms with Crippen LogP contribution in [-0.2, 0) is 24.2 Å². The second kappa shape index (κ2) is 8.07. The number of carboxylic acids is 1. The summed E-state index contributed by atoms with van der Waals surface area (Å²) < 4.78 is 1.37. The Morgan fingerprint density at radius 1 is 1.22 bits per heavy atom. The van der Waals surface area contributed by atoms with Gasteiger partial charge in [0.1, 0.15) is 6.54 Å². The van der Waals surface area contributed by atoms with Crippen LogP contribution in [-0.4, -0.2) is 38.5 Å². The highest BCUT2D eigenvalue weighted by molar-refractivity contribution is 5.86. The molecular weight excluding hydrogens is 296 g/mol. The maximum atomic E-state index is 11.8. The summed E-state index contributed by atoms with van der Waals surface area (Å²) in [6.45, 7) is 2.52. The molecule has 0 aliphatic carbocycles. The van der Waals surface area contributed by atoms with E-state index in [1.54, 1.807) is 0 Å². The van der Waals surface area contributed by atoms with Gasteiger partial charge in [-0.15, -0.1) is 5.10 Å². The SMILES string of the molecule is CCCNC(=O)Cn1nnc(C(=O)O)c1CCc1ccccc1. The van der Waals surface area contributed by atoms with Crippen LogP contribution < -0.4 is 5.32 Å². The van der Waals surface area contributed by atoms with Crippen molar-refractivity contribution in [1.82, 2.24) is 20.3 Å². The number of amides is 1. The first kappa shape index (κ1) is 16.7. The number of nitrogens with one attached hydrogen (secondary N) is 1. The van der Waals surface area contributed by atoms with Gasteiger partial charge in [0, 0.05) is 6.54 Å². The zero-order valence-corrected chi connectivity index (χ0v) is 13.0. The summed E-state index contributed by atoms with van der Waals surface area (Å²) in [5, 5.41) is 19.5. The number of aromatic carboxylic acids is 1. The highest BCUT2D eigenvalue weighted by atomic mass is 16.4. The lowest BCUT2D eigenvalue weighted by molar-refractivity contribution is -0.121. The number of aryl methyl sites for hydroxylation is 1. The molecule has 0 saturated heterocycles. The molecule has 0 spiro atoms. The van der Waals surface area contributed by atoms with Crippen molar-refractivity contribution >= 4 is 11.9 Å². The first-order chi connectivity index (χ1) is 11.1. The molecule has 2 N–H and O–H groups in total. The average molecular weight is 316 g/mol. The molecule has 0 radical (unpaired) electrons. The van der Waals surface area contributed by atoms with Crippen LogP contribution in [0.5, 0.6) is 0 Å². The monoisotopic (exact) mass is 316 g/mol. The molecule has 0 fully saturated rings. The van der Waals surface area contributed by atoms with E-state index in [1.165, 1.54) is 4.68 Å². The van der Waals surface area contributed by atoms with Crippen molar-refractivity contribution in [2.45, 2.75) is 32.7 Å². The van der Waals surface area contributed by atoms with Gasteiger partial charge in [-0.3, -0.25) is 4.79 Å². The minimum absolute atomic E-state index is 0.0234. The first-order valence-corrected chi connectivity index (χ1v) is 7.58. The molecule has 1 amide bonds.